The average molecular weight is 510 g/mol. The van der Waals surface area contributed by atoms with Gasteiger partial charge >= 0.3 is 11.9 Å². The maximum absolute atomic E-state index is 12.8. The van der Waals surface area contributed by atoms with E-state index in [-0.39, 0.29) is 37.9 Å². The summed E-state index contributed by atoms with van der Waals surface area (Å²) in [6, 6.07) is -4.90. The van der Waals surface area contributed by atoms with Crippen molar-refractivity contribution in [3.63, 3.8) is 0 Å². The summed E-state index contributed by atoms with van der Waals surface area (Å²) in [7, 11) is 0. The smallest absolute Gasteiger partial charge is 0.327 e. The SMILES string of the molecule is CSCCC(NC(=O)C(CCC(N)=O)NC(=O)C(N)CCC(=O)O)C(=O)NC(CS)C(=O)O. The maximum Gasteiger partial charge on any atom is 0.327 e. The van der Waals surface area contributed by atoms with Crippen LogP contribution in [-0.2, 0) is 28.8 Å². The van der Waals surface area contributed by atoms with Crippen LogP contribution in [0.2, 0.25) is 0 Å². The Hall–Kier alpha value is -2.52. The monoisotopic (exact) mass is 509 g/mol. The summed E-state index contributed by atoms with van der Waals surface area (Å²) in [4.78, 5) is 70.7. The van der Waals surface area contributed by atoms with Gasteiger partial charge in [-0.05, 0) is 31.3 Å². The van der Waals surface area contributed by atoms with Crippen molar-refractivity contribution >= 4 is 60.0 Å². The largest absolute Gasteiger partial charge is 0.481 e. The number of thiol groups is 1. The van der Waals surface area contributed by atoms with Gasteiger partial charge in [-0.25, -0.2) is 4.79 Å². The summed E-state index contributed by atoms with van der Waals surface area (Å²) in [6.45, 7) is 0. The first-order valence-corrected chi connectivity index (χ1v) is 11.9. The van der Waals surface area contributed by atoms with Gasteiger partial charge in [0.25, 0.3) is 0 Å². The zero-order valence-electron chi connectivity index (χ0n) is 18.1. The molecule has 0 aliphatic carbocycles. The Bertz CT molecular complexity index is 724. The number of carbonyl (C=O) groups excluding carboxylic acids is 4. The van der Waals surface area contributed by atoms with E-state index in [2.05, 4.69) is 28.6 Å². The molecule has 0 aliphatic rings. The third-order valence-corrected chi connectivity index (χ3v) is 5.37. The summed E-state index contributed by atoms with van der Waals surface area (Å²) in [5.74, 6) is -5.27. The number of hydrogen-bond donors (Lipinski definition) is 8. The predicted octanol–water partition coefficient (Wildman–Crippen LogP) is -2.33. The van der Waals surface area contributed by atoms with E-state index in [1.165, 1.54) is 11.8 Å². The molecule has 0 heterocycles. The van der Waals surface area contributed by atoms with Crippen LogP contribution in [0.1, 0.15) is 32.1 Å². The number of carboxylic acid groups (broad SMARTS) is 2. The van der Waals surface area contributed by atoms with Crippen molar-refractivity contribution in [2.45, 2.75) is 56.3 Å². The highest BCUT2D eigenvalue weighted by Gasteiger charge is 2.30. The molecule has 0 aromatic carbocycles. The van der Waals surface area contributed by atoms with Crippen LogP contribution in [0.4, 0.5) is 0 Å². The molecule has 4 atom stereocenters. The molecule has 0 rings (SSSR count). The van der Waals surface area contributed by atoms with Crippen LogP contribution >= 0.6 is 24.4 Å². The molecular weight excluding hydrogens is 478 g/mol. The van der Waals surface area contributed by atoms with Gasteiger partial charge in [0, 0.05) is 18.6 Å². The normalized spacial score (nSPS) is 14.3. The molecule has 0 aromatic rings. The van der Waals surface area contributed by atoms with Gasteiger partial charge in [0.2, 0.25) is 23.6 Å². The van der Waals surface area contributed by atoms with Crippen molar-refractivity contribution < 1.29 is 39.0 Å². The van der Waals surface area contributed by atoms with Crippen LogP contribution in [0.3, 0.4) is 0 Å². The number of nitrogens with two attached hydrogens (primary N) is 2. The molecule has 0 fully saturated rings. The van der Waals surface area contributed by atoms with E-state index >= 15 is 0 Å². The first-order valence-electron chi connectivity index (χ1n) is 9.92. The molecule has 0 bridgehead atoms. The Labute approximate surface area is 200 Å². The summed E-state index contributed by atoms with van der Waals surface area (Å²) >= 11 is 5.27. The Morgan fingerprint density at radius 1 is 0.848 bits per heavy atom. The fourth-order valence-corrected chi connectivity index (χ4v) is 3.20. The molecule has 4 unspecified atom stereocenters. The fraction of sp³-hybridized carbons (Fsp3) is 0.667. The number of thioether (sulfide) groups is 1. The van der Waals surface area contributed by atoms with Crippen LogP contribution < -0.4 is 27.4 Å². The second kappa shape index (κ2) is 16.1. The third kappa shape index (κ3) is 12.9. The van der Waals surface area contributed by atoms with Crippen LogP contribution in [0, 0.1) is 0 Å². The summed E-state index contributed by atoms with van der Waals surface area (Å²) in [5.41, 5.74) is 10.8. The highest BCUT2D eigenvalue weighted by Crippen LogP contribution is 2.06. The fourth-order valence-electron chi connectivity index (χ4n) is 2.48. The Morgan fingerprint density at radius 3 is 1.82 bits per heavy atom. The van der Waals surface area contributed by atoms with Crippen molar-refractivity contribution in [2.75, 3.05) is 17.8 Å². The average Bonchev–Trinajstić information content (AvgIpc) is 2.74. The Kier molecular flexibility index (Phi) is 14.9. The lowest BCUT2D eigenvalue weighted by Crippen LogP contribution is -2.57. The minimum atomic E-state index is -1.30. The molecule has 0 radical (unpaired) electrons. The standard InChI is InChI=1S/C18H31N5O8S2/c1-33-7-6-11(17(29)23-12(8-32)18(30)31)22-16(28)10(3-4-13(20)24)21-15(27)9(19)2-5-14(25)26/h9-12,32H,2-8,19H2,1H3,(H2,20,24)(H,21,27)(H,22,28)(H,23,29)(H,25,26)(H,30,31). The number of primary amides is 1. The Balaban J connectivity index is 5.41. The van der Waals surface area contributed by atoms with Gasteiger partial charge in [0.1, 0.15) is 18.1 Å². The molecule has 0 spiro atoms. The lowest BCUT2D eigenvalue weighted by atomic mass is 10.1. The van der Waals surface area contributed by atoms with Gasteiger partial charge in [-0.3, -0.25) is 24.0 Å². The van der Waals surface area contributed by atoms with Crippen LogP contribution in [0.15, 0.2) is 0 Å². The van der Waals surface area contributed by atoms with Crippen molar-refractivity contribution in [2.24, 2.45) is 11.5 Å². The van der Waals surface area contributed by atoms with E-state index in [0.717, 1.165) is 0 Å². The molecule has 0 aliphatic heterocycles. The first kappa shape index (κ1) is 30.5. The summed E-state index contributed by atoms with van der Waals surface area (Å²) in [5, 5.41) is 24.9. The van der Waals surface area contributed by atoms with Crippen LogP contribution in [0.25, 0.3) is 0 Å². The van der Waals surface area contributed by atoms with E-state index in [1.807, 2.05) is 0 Å². The molecule has 4 amide bonds. The quantitative estimate of drug-likeness (QED) is 0.0974. The molecule has 13 nitrogen and oxygen atoms in total. The number of carboxylic acids is 2. The number of nitrogens with one attached hydrogen (secondary N) is 3. The number of hydrogen-bond acceptors (Lipinski definition) is 9. The molecule has 15 heteroatoms. The second-order valence-electron chi connectivity index (χ2n) is 7.03. The van der Waals surface area contributed by atoms with Crippen molar-refractivity contribution in [1.29, 1.82) is 0 Å². The van der Waals surface area contributed by atoms with E-state index in [4.69, 9.17) is 21.7 Å². The van der Waals surface area contributed by atoms with Crippen molar-refractivity contribution in [3.05, 3.63) is 0 Å². The topological polar surface area (TPSA) is 231 Å². The van der Waals surface area contributed by atoms with Gasteiger partial charge < -0.3 is 37.6 Å². The molecular formula is C18H31N5O8S2. The summed E-state index contributed by atoms with van der Waals surface area (Å²) < 4.78 is 0. The van der Waals surface area contributed by atoms with E-state index < -0.39 is 59.7 Å². The zero-order chi connectivity index (χ0) is 25.6. The van der Waals surface area contributed by atoms with E-state index in [1.54, 1.807) is 6.26 Å². The number of amides is 4. The number of carbonyl (C=O) groups is 6. The predicted molar refractivity (Wildman–Crippen MR) is 124 cm³/mol. The molecule has 9 N–H and O–H groups in total. The molecule has 0 aromatic heterocycles. The van der Waals surface area contributed by atoms with Crippen molar-refractivity contribution in [1.82, 2.24) is 16.0 Å². The first-order chi connectivity index (χ1) is 15.4. The second-order valence-corrected chi connectivity index (χ2v) is 8.38. The van der Waals surface area contributed by atoms with Gasteiger partial charge in [0.15, 0.2) is 0 Å². The third-order valence-electron chi connectivity index (χ3n) is 4.36. The van der Waals surface area contributed by atoms with Crippen LogP contribution in [-0.4, -0.2) is 87.7 Å². The van der Waals surface area contributed by atoms with Crippen LogP contribution in [0.5, 0.6) is 0 Å². The van der Waals surface area contributed by atoms with Gasteiger partial charge in [-0.1, -0.05) is 0 Å². The lowest BCUT2D eigenvalue weighted by molar-refractivity contribution is -0.141. The molecule has 33 heavy (non-hydrogen) atoms. The minimum absolute atomic E-state index is 0.159. The van der Waals surface area contributed by atoms with Gasteiger partial charge in [0.05, 0.1) is 6.04 Å². The molecule has 0 saturated heterocycles. The number of rotatable bonds is 17. The van der Waals surface area contributed by atoms with E-state index in [0.29, 0.717) is 5.75 Å². The zero-order valence-corrected chi connectivity index (χ0v) is 19.8. The highest BCUT2D eigenvalue weighted by molar-refractivity contribution is 7.98. The van der Waals surface area contributed by atoms with Gasteiger partial charge in [-0.2, -0.15) is 24.4 Å². The maximum atomic E-state index is 12.8. The number of aliphatic carboxylic acids is 2. The van der Waals surface area contributed by atoms with E-state index in [9.17, 15) is 28.8 Å². The molecule has 188 valence electrons. The Morgan fingerprint density at radius 2 is 1.36 bits per heavy atom. The highest BCUT2D eigenvalue weighted by atomic mass is 32.2. The summed E-state index contributed by atoms with van der Waals surface area (Å²) in [6.07, 6.45) is 0.949. The molecule has 0 saturated carbocycles. The minimum Gasteiger partial charge on any atom is -0.481 e. The van der Waals surface area contributed by atoms with Gasteiger partial charge in [-0.15, -0.1) is 0 Å². The lowest BCUT2D eigenvalue weighted by Gasteiger charge is -2.24. The van der Waals surface area contributed by atoms with Crippen molar-refractivity contribution in [3.8, 4) is 0 Å².